The van der Waals surface area contributed by atoms with Crippen LogP contribution in [0, 0.1) is 5.41 Å². The Bertz CT molecular complexity index is 314. The van der Waals surface area contributed by atoms with E-state index in [-0.39, 0.29) is 0 Å². The van der Waals surface area contributed by atoms with Crippen molar-refractivity contribution < 1.29 is 4.74 Å². The molecular formula is C17H32N2O. The van der Waals surface area contributed by atoms with Gasteiger partial charge in [0.25, 0.3) is 0 Å². The largest absolute Gasteiger partial charge is 0.378 e. The van der Waals surface area contributed by atoms with Gasteiger partial charge in [-0.3, -0.25) is 0 Å². The lowest BCUT2D eigenvalue weighted by Crippen LogP contribution is -2.65. The van der Waals surface area contributed by atoms with E-state index in [1.165, 1.54) is 64.6 Å². The zero-order valence-electron chi connectivity index (χ0n) is 13.4. The molecule has 1 spiro atoms. The van der Waals surface area contributed by atoms with Gasteiger partial charge in [0.1, 0.15) is 0 Å². The summed E-state index contributed by atoms with van der Waals surface area (Å²) in [4.78, 5) is 2.60. The van der Waals surface area contributed by atoms with E-state index >= 15 is 0 Å². The summed E-state index contributed by atoms with van der Waals surface area (Å²) in [5.74, 6) is 0. The molecule has 3 fully saturated rings. The normalized spacial score (nSPS) is 37.2. The third-order valence-corrected chi connectivity index (χ3v) is 6.08. The molecule has 3 atom stereocenters. The van der Waals surface area contributed by atoms with Gasteiger partial charge in [-0.05, 0) is 52.1 Å². The lowest BCUT2D eigenvalue weighted by atomic mass is 9.60. The third kappa shape index (κ3) is 2.65. The van der Waals surface area contributed by atoms with E-state index in [0.717, 1.165) is 12.6 Å². The maximum atomic E-state index is 6.03. The molecule has 0 aromatic carbocycles. The first-order valence-electron chi connectivity index (χ1n) is 8.88. The Hall–Kier alpha value is -0.120. The Morgan fingerprint density at radius 1 is 1.20 bits per heavy atom. The van der Waals surface area contributed by atoms with Crippen LogP contribution in [-0.4, -0.2) is 49.3 Å². The summed E-state index contributed by atoms with van der Waals surface area (Å²) in [5.41, 5.74) is 0.491. The van der Waals surface area contributed by atoms with E-state index in [9.17, 15) is 0 Å². The summed E-state index contributed by atoms with van der Waals surface area (Å²) < 4.78 is 6.03. The molecule has 3 aliphatic rings. The van der Waals surface area contributed by atoms with Crippen LogP contribution in [0.5, 0.6) is 0 Å². The molecule has 3 heteroatoms. The number of hydrogen-bond acceptors (Lipinski definition) is 3. The van der Waals surface area contributed by atoms with Crippen molar-refractivity contribution in [1.29, 1.82) is 0 Å². The molecule has 1 aliphatic heterocycles. The van der Waals surface area contributed by atoms with Crippen LogP contribution in [0.15, 0.2) is 0 Å². The summed E-state index contributed by atoms with van der Waals surface area (Å²) in [6.07, 6.45) is 10.1. The van der Waals surface area contributed by atoms with Gasteiger partial charge in [-0.15, -0.1) is 0 Å². The smallest absolute Gasteiger partial charge is 0.0661 e. The number of nitrogens with zero attached hydrogens (tertiary/aromatic N) is 1. The number of rotatable bonds is 5. The minimum atomic E-state index is 0.491. The van der Waals surface area contributed by atoms with E-state index in [0.29, 0.717) is 17.6 Å². The predicted molar refractivity (Wildman–Crippen MR) is 83.0 cm³/mol. The van der Waals surface area contributed by atoms with Crippen molar-refractivity contribution in [1.82, 2.24) is 10.2 Å². The van der Waals surface area contributed by atoms with Crippen LogP contribution in [0.4, 0.5) is 0 Å². The van der Waals surface area contributed by atoms with Crippen molar-refractivity contribution in [2.45, 2.75) is 77.0 Å². The SMILES string of the molecule is CCOC1CC(NC2CCCN(CC)C2)C12CCCC2. The number of likely N-dealkylation sites (N-methyl/N-ethyl adjacent to an activating group) is 1. The molecular weight excluding hydrogens is 248 g/mol. The zero-order valence-corrected chi connectivity index (χ0v) is 13.4. The molecule has 2 saturated carbocycles. The summed E-state index contributed by atoms with van der Waals surface area (Å²) in [7, 11) is 0. The van der Waals surface area contributed by atoms with Crippen molar-refractivity contribution in [2.75, 3.05) is 26.2 Å². The minimum Gasteiger partial charge on any atom is -0.378 e. The number of ether oxygens (including phenoxy) is 1. The second kappa shape index (κ2) is 6.33. The van der Waals surface area contributed by atoms with Crippen LogP contribution in [0.25, 0.3) is 0 Å². The molecule has 3 nitrogen and oxygen atoms in total. The maximum Gasteiger partial charge on any atom is 0.0661 e. The second-order valence-corrected chi connectivity index (χ2v) is 7.07. The Kier molecular flexibility index (Phi) is 4.68. The molecule has 1 saturated heterocycles. The lowest BCUT2D eigenvalue weighted by molar-refractivity contribution is -0.133. The number of nitrogens with one attached hydrogen (secondary N) is 1. The average Bonchev–Trinajstić information content (AvgIpc) is 2.99. The fourth-order valence-electron chi connectivity index (χ4n) is 4.88. The van der Waals surface area contributed by atoms with Gasteiger partial charge in [0.15, 0.2) is 0 Å². The first-order valence-corrected chi connectivity index (χ1v) is 8.88. The Labute approximate surface area is 124 Å². The van der Waals surface area contributed by atoms with Crippen molar-refractivity contribution >= 4 is 0 Å². The highest BCUT2D eigenvalue weighted by molar-refractivity contribution is 5.10. The molecule has 1 heterocycles. The predicted octanol–water partition coefficient (Wildman–Crippen LogP) is 2.80. The van der Waals surface area contributed by atoms with Crippen LogP contribution >= 0.6 is 0 Å². The quantitative estimate of drug-likeness (QED) is 0.838. The molecule has 0 aromatic rings. The van der Waals surface area contributed by atoms with Crippen LogP contribution < -0.4 is 5.32 Å². The van der Waals surface area contributed by atoms with E-state index in [1.807, 2.05) is 0 Å². The standard InChI is InChI=1S/C17H32N2O/c1-3-19-11-7-8-14(13-19)18-15-12-16(20-4-2)17(15)9-5-6-10-17/h14-16,18H,3-13H2,1-2H3. The van der Waals surface area contributed by atoms with Crippen molar-refractivity contribution in [2.24, 2.45) is 5.41 Å². The molecule has 1 N–H and O–H groups in total. The van der Waals surface area contributed by atoms with Gasteiger partial charge in [-0.1, -0.05) is 19.8 Å². The van der Waals surface area contributed by atoms with Gasteiger partial charge >= 0.3 is 0 Å². The summed E-state index contributed by atoms with van der Waals surface area (Å²) >= 11 is 0. The van der Waals surface area contributed by atoms with Crippen LogP contribution in [0.2, 0.25) is 0 Å². The van der Waals surface area contributed by atoms with E-state index in [4.69, 9.17) is 4.74 Å². The second-order valence-electron chi connectivity index (χ2n) is 7.07. The van der Waals surface area contributed by atoms with Crippen LogP contribution in [0.3, 0.4) is 0 Å². The van der Waals surface area contributed by atoms with Crippen molar-refractivity contribution in [3.8, 4) is 0 Å². The van der Waals surface area contributed by atoms with E-state index in [2.05, 4.69) is 24.1 Å². The zero-order chi connectivity index (χ0) is 14.0. The Balaban J connectivity index is 1.57. The van der Waals surface area contributed by atoms with Gasteiger partial charge in [0.05, 0.1) is 6.10 Å². The van der Waals surface area contributed by atoms with Gasteiger partial charge in [0, 0.05) is 30.7 Å². The van der Waals surface area contributed by atoms with Gasteiger partial charge < -0.3 is 15.0 Å². The highest BCUT2D eigenvalue weighted by Crippen LogP contribution is 2.54. The molecule has 2 aliphatic carbocycles. The maximum absolute atomic E-state index is 6.03. The van der Waals surface area contributed by atoms with Crippen molar-refractivity contribution in [3.63, 3.8) is 0 Å². The molecule has 0 radical (unpaired) electrons. The molecule has 20 heavy (non-hydrogen) atoms. The third-order valence-electron chi connectivity index (χ3n) is 6.08. The molecule has 0 amide bonds. The van der Waals surface area contributed by atoms with Crippen LogP contribution in [-0.2, 0) is 4.74 Å². The molecule has 116 valence electrons. The van der Waals surface area contributed by atoms with Gasteiger partial charge in [-0.2, -0.15) is 0 Å². The fraction of sp³-hybridized carbons (Fsp3) is 1.00. The first-order chi connectivity index (χ1) is 9.78. The highest BCUT2D eigenvalue weighted by atomic mass is 16.5. The molecule has 3 unspecified atom stereocenters. The lowest BCUT2D eigenvalue weighted by Gasteiger charge is -2.55. The van der Waals surface area contributed by atoms with Gasteiger partial charge in [-0.25, -0.2) is 0 Å². The van der Waals surface area contributed by atoms with Crippen molar-refractivity contribution in [3.05, 3.63) is 0 Å². The van der Waals surface area contributed by atoms with E-state index < -0.39 is 0 Å². The topological polar surface area (TPSA) is 24.5 Å². The summed E-state index contributed by atoms with van der Waals surface area (Å²) in [5, 5.41) is 4.02. The monoisotopic (exact) mass is 280 g/mol. The average molecular weight is 280 g/mol. The number of hydrogen-bond donors (Lipinski definition) is 1. The Morgan fingerprint density at radius 3 is 2.70 bits per heavy atom. The fourth-order valence-corrected chi connectivity index (χ4v) is 4.88. The number of piperidine rings is 1. The highest BCUT2D eigenvalue weighted by Gasteiger charge is 2.56. The Morgan fingerprint density at radius 2 is 2.00 bits per heavy atom. The minimum absolute atomic E-state index is 0.491. The molecule has 0 bridgehead atoms. The summed E-state index contributed by atoms with van der Waals surface area (Å²) in [6, 6.07) is 1.44. The van der Waals surface area contributed by atoms with E-state index in [1.54, 1.807) is 0 Å². The molecule has 3 rings (SSSR count). The first kappa shape index (κ1) is 14.8. The summed E-state index contributed by atoms with van der Waals surface area (Å²) in [6.45, 7) is 9.06. The van der Waals surface area contributed by atoms with Gasteiger partial charge in [0.2, 0.25) is 0 Å². The van der Waals surface area contributed by atoms with Crippen LogP contribution in [0.1, 0.15) is 58.8 Å². The number of likely N-dealkylation sites (tertiary alicyclic amines) is 1. The molecule has 0 aromatic heterocycles.